The van der Waals surface area contributed by atoms with Crippen LogP contribution in [0.25, 0.3) is 10.9 Å². The van der Waals surface area contributed by atoms with E-state index in [-0.39, 0.29) is 0 Å². The summed E-state index contributed by atoms with van der Waals surface area (Å²) < 4.78 is 5.15. The average Bonchev–Trinajstić information content (AvgIpc) is 2.54. The first-order chi connectivity index (χ1) is 11.2. The topological polar surface area (TPSA) is 63.9 Å². The number of nitrogens with zero attached hydrogens (tertiary/aromatic N) is 3. The van der Waals surface area contributed by atoms with Crippen LogP contribution in [0.2, 0.25) is 0 Å². The Morgan fingerprint density at radius 3 is 2.83 bits per heavy atom. The first-order valence-corrected chi connectivity index (χ1v) is 7.87. The zero-order chi connectivity index (χ0) is 16.7. The van der Waals surface area contributed by atoms with E-state index >= 15 is 0 Å². The van der Waals surface area contributed by atoms with E-state index in [1.807, 2.05) is 24.3 Å². The minimum atomic E-state index is -0.419. The Morgan fingerprint density at radius 2 is 2.09 bits per heavy atom. The monoisotopic (exact) mass is 311 g/mol. The summed E-state index contributed by atoms with van der Waals surface area (Å²) in [5, 5.41) is 0.791. The van der Waals surface area contributed by atoms with Gasteiger partial charge in [-0.3, -0.25) is 4.98 Å². The van der Waals surface area contributed by atoms with Crippen molar-refractivity contribution in [3.63, 3.8) is 0 Å². The van der Waals surface area contributed by atoms with Gasteiger partial charge < -0.3 is 4.74 Å². The highest BCUT2D eigenvalue weighted by Gasteiger charge is 2.19. The van der Waals surface area contributed by atoms with Crippen LogP contribution in [0.4, 0.5) is 5.69 Å². The number of aliphatic imine (C=N–C) groups is 2. The van der Waals surface area contributed by atoms with Crippen molar-refractivity contribution in [2.75, 3.05) is 13.2 Å². The fraction of sp³-hybridized carbons (Fsp3) is 0.389. The molecule has 0 amide bonds. The lowest BCUT2D eigenvalue weighted by atomic mass is 10.1. The molecule has 0 N–H and O–H groups in total. The SMILES string of the molecule is CCCCN=C=Nc1c(C(=O)OCC)c(C)nc2ccccc12. The summed E-state index contributed by atoms with van der Waals surface area (Å²) in [5.41, 5.74) is 2.28. The molecule has 5 heteroatoms. The molecule has 0 fully saturated rings. The summed E-state index contributed by atoms with van der Waals surface area (Å²) in [7, 11) is 0. The smallest absolute Gasteiger partial charge is 0.342 e. The third-order valence-corrected chi connectivity index (χ3v) is 3.38. The lowest BCUT2D eigenvalue weighted by Gasteiger charge is -2.10. The van der Waals surface area contributed by atoms with Crippen molar-refractivity contribution in [2.24, 2.45) is 9.98 Å². The first-order valence-electron chi connectivity index (χ1n) is 7.87. The molecule has 0 aliphatic rings. The summed E-state index contributed by atoms with van der Waals surface area (Å²) in [6.07, 6.45) is 2.06. The molecule has 5 nitrogen and oxygen atoms in total. The highest BCUT2D eigenvalue weighted by atomic mass is 16.5. The molecule has 0 radical (unpaired) electrons. The van der Waals surface area contributed by atoms with Gasteiger partial charge in [0, 0.05) is 11.9 Å². The quantitative estimate of drug-likeness (QED) is 0.453. The lowest BCUT2D eigenvalue weighted by molar-refractivity contribution is 0.0526. The number of carbonyl (C=O) groups excluding carboxylic acids is 1. The molecule has 1 heterocycles. The molecule has 23 heavy (non-hydrogen) atoms. The molecule has 0 saturated carbocycles. The molecule has 2 rings (SSSR count). The second kappa shape index (κ2) is 8.20. The van der Waals surface area contributed by atoms with Crippen molar-refractivity contribution >= 4 is 28.6 Å². The van der Waals surface area contributed by atoms with E-state index in [0.29, 0.717) is 30.1 Å². The fourth-order valence-corrected chi connectivity index (χ4v) is 2.25. The van der Waals surface area contributed by atoms with Crippen LogP contribution >= 0.6 is 0 Å². The van der Waals surface area contributed by atoms with Crippen LogP contribution in [-0.2, 0) is 4.74 Å². The number of hydrogen-bond acceptors (Lipinski definition) is 5. The number of benzene rings is 1. The van der Waals surface area contributed by atoms with E-state index in [0.717, 1.165) is 23.7 Å². The van der Waals surface area contributed by atoms with Crippen LogP contribution in [0.15, 0.2) is 34.3 Å². The minimum absolute atomic E-state index is 0.304. The van der Waals surface area contributed by atoms with Gasteiger partial charge in [-0.25, -0.2) is 9.79 Å². The van der Waals surface area contributed by atoms with Crippen LogP contribution in [0, 0.1) is 6.92 Å². The normalized spacial score (nSPS) is 10.2. The van der Waals surface area contributed by atoms with E-state index in [2.05, 4.69) is 27.9 Å². The van der Waals surface area contributed by atoms with Crippen LogP contribution in [0.3, 0.4) is 0 Å². The summed E-state index contributed by atoms with van der Waals surface area (Å²) >= 11 is 0. The number of rotatable bonds is 6. The Hall–Kier alpha value is -2.52. The van der Waals surface area contributed by atoms with Gasteiger partial charge in [0.1, 0.15) is 11.3 Å². The number of fused-ring (bicyclic) bond motifs is 1. The predicted molar refractivity (Wildman–Crippen MR) is 91.7 cm³/mol. The Balaban J connectivity index is 2.58. The molecule has 1 aromatic carbocycles. The number of aryl methyl sites for hydroxylation is 1. The Bertz CT molecular complexity index is 762. The number of hydrogen-bond donors (Lipinski definition) is 0. The van der Waals surface area contributed by atoms with Crippen molar-refractivity contribution in [1.29, 1.82) is 0 Å². The maximum atomic E-state index is 12.3. The molecular formula is C18H21N3O2. The zero-order valence-corrected chi connectivity index (χ0v) is 13.8. The molecule has 0 spiro atoms. The summed E-state index contributed by atoms with van der Waals surface area (Å²) in [6.45, 7) is 6.64. The fourth-order valence-electron chi connectivity index (χ4n) is 2.25. The van der Waals surface area contributed by atoms with Gasteiger partial charge in [0.15, 0.2) is 0 Å². The second-order valence-electron chi connectivity index (χ2n) is 5.11. The van der Waals surface area contributed by atoms with Crippen LogP contribution in [0.1, 0.15) is 42.7 Å². The van der Waals surface area contributed by atoms with Crippen LogP contribution < -0.4 is 0 Å². The van der Waals surface area contributed by atoms with Gasteiger partial charge in [-0.05, 0) is 26.3 Å². The molecule has 0 saturated heterocycles. The number of unbranched alkanes of at least 4 members (excludes halogenated alkanes) is 1. The maximum absolute atomic E-state index is 12.3. The van der Waals surface area contributed by atoms with E-state index in [9.17, 15) is 4.79 Å². The number of carbonyl (C=O) groups is 1. The average molecular weight is 311 g/mol. The van der Waals surface area contributed by atoms with Gasteiger partial charge in [0.2, 0.25) is 0 Å². The number of pyridine rings is 1. The third-order valence-electron chi connectivity index (χ3n) is 3.38. The second-order valence-corrected chi connectivity index (χ2v) is 5.11. The number of aromatic nitrogens is 1. The highest BCUT2D eigenvalue weighted by Crippen LogP contribution is 2.31. The van der Waals surface area contributed by atoms with Gasteiger partial charge in [0.25, 0.3) is 0 Å². The molecular weight excluding hydrogens is 290 g/mol. The largest absolute Gasteiger partial charge is 0.462 e. The standard InChI is InChI=1S/C18H21N3O2/c1-4-6-11-19-12-20-17-14-9-7-8-10-15(14)21-13(3)16(17)18(22)23-5-2/h7-10H,4-6,11H2,1-3H3. The molecule has 0 unspecified atom stereocenters. The van der Waals surface area contributed by atoms with Gasteiger partial charge in [-0.1, -0.05) is 31.5 Å². The van der Waals surface area contributed by atoms with Crippen molar-refractivity contribution in [3.8, 4) is 0 Å². The van der Waals surface area contributed by atoms with Gasteiger partial charge in [0.05, 0.1) is 23.8 Å². The molecule has 0 bridgehead atoms. The molecule has 0 aliphatic heterocycles. The van der Waals surface area contributed by atoms with Gasteiger partial charge in [-0.2, -0.15) is 4.99 Å². The van der Waals surface area contributed by atoms with E-state index < -0.39 is 5.97 Å². The summed E-state index contributed by atoms with van der Waals surface area (Å²) in [4.78, 5) is 25.2. The summed E-state index contributed by atoms with van der Waals surface area (Å²) in [6, 6.07) is 10.3. The summed E-state index contributed by atoms with van der Waals surface area (Å²) in [5.74, 6) is -0.419. The van der Waals surface area contributed by atoms with Crippen molar-refractivity contribution < 1.29 is 9.53 Å². The van der Waals surface area contributed by atoms with Gasteiger partial charge >= 0.3 is 5.97 Å². The Labute approximate surface area is 136 Å². The number of para-hydroxylation sites is 1. The molecule has 0 aliphatic carbocycles. The van der Waals surface area contributed by atoms with E-state index in [1.54, 1.807) is 13.8 Å². The molecule has 120 valence electrons. The number of ether oxygens (including phenoxy) is 1. The number of esters is 1. The lowest BCUT2D eigenvalue weighted by Crippen LogP contribution is -2.08. The third kappa shape index (κ3) is 4.02. The molecule has 0 atom stereocenters. The van der Waals surface area contributed by atoms with Crippen molar-refractivity contribution in [2.45, 2.75) is 33.6 Å². The minimum Gasteiger partial charge on any atom is -0.462 e. The van der Waals surface area contributed by atoms with E-state index in [1.165, 1.54) is 0 Å². The molecule has 1 aromatic heterocycles. The Kier molecular flexibility index (Phi) is 6.01. The van der Waals surface area contributed by atoms with E-state index in [4.69, 9.17) is 4.74 Å². The first kappa shape index (κ1) is 16.8. The Morgan fingerprint density at radius 1 is 1.30 bits per heavy atom. The highest BCUT2D eigenvalue weighted by molar-refractivity contribution is 6.05. The van der Waals surface area contributed by atoms with Gasteiger partial charge in [-0.15, -0.1) is 0 Å². The van der Waals surface area contributed by atoms with Crippen molar-refractivity contribution in [3.05, 3.63) is 35.5 Å². The molecule has 2 aromatic rings. The predicted octanol–water partition coefficient (Wildman–Crippen LogP) is 4.33. The zero-order valence-electron chi connectivity index (χ0n) is 13.8. The maximum Gasteiger partial charge on any atom is 0.342 e. The van der Waals surface area contributed by atoms with Crippen LogP contribution in [-0.4, -0.2) is 30.1 Å². The van der Waals surface area contributed by atoms with Crippen molar-refractivity contribution in [1.82, 2.24) is 4.98 Å². The van der Waals surface area contributed by atoms with Crippen LogP contribution in [0.5, 0.6) is 0 Å².